The van der Waals surface area contributed by atoms with E-state index in [2.05, 4.69) is 27.4 Å². The van der Waals surface area contributed by atoms with Crippen molar-refractivity contribution >= 4 is 5.96 Å². The van der Waals surface area contributed by atoms with Crippen molar-refractivity contribution in [2.45, 2.75) is 45.3 Å². The summed E-state index contributed by atoms with van der Waals surface area (Å²) in [7, 11) is 3.19. The van der Waals surface area contributed by atoms with E-state index < -0.39 is 6.10 Å². The number of benzene rings is 1. The standard InChI is InChI=1S/C21H36N4O3/c1-5-11-25-12-9-17(10-13-25)24-21(22-6-2)23-15-18(26)16-7-8-19(27-3)20(14-16)28-4/h7-8,14,17-18,26H,5-6,9-13,15H2,1-4H3,(H2,22,23,24). The Morgan fingerprint density at radius 1 is 1.21 bits per heavy atom. The summed E-state index contributed by atoms with van der Waals surface area (Å²) in [6.45, 7) is 8.76. The van der Waals surface area contributed by atoms with Crippen LogP contribution in [0.4, 0.5) is 0 Å². The lowest BCUT2D eigenvalue weighted by atomic mass is 10.1. The fraction of sp³-hybridized carbons (Fsp3) is 0.667. The number of likely N-dealkylation sites (tertiary alicyclic amines) is 1. The van der Waals surface area contributed by atoms with Crippen molar-refractivity contribution in [3.05, 3.63) is 23.8 Å². The topological polar surface area (TPSA) is 78.4 Å². The van der Waals surface area contributed by atoms with Crippen molar-refractivity contribution in [1.82, 2.24) is 15.5 Å². The van der Waals surface area contributed by atoms with Crippen LogP contribution in [0.15, 0.2) is 23.2 Å². The lowest BCUT2D eigenvalue weighted by molar-refractivity contribution is 0.186. The van der Waals surface area contributed by atoms with E-state index in [0.717, 1.165) is 44.0 Å². The van der Waals surface area contributed by atoms with Crippen LogP contribution < -0.4 is 20.1 Å². The number of nitrogens with zero attached hydrogens (tertiary/aromatic N) is 2. The zero-order valence-electron chi connectivity index (χ0n) is 17.7. The van der Waals surface area contributed by atoms with Gasteiger partial charge in [0.25, 0.3) is 0 Å². The van der Waals surface area contributed by atoms with Crippen LogP contribution in [0.3, 0.4) is 0 Å². The Kier molecular flexibility index (Phi) is 9.37. The number of ether oxygens (including phenoxy) is 2. The van der Waals surface area contributed by atoms with Crippen molar-refractivity contribution < 1.29 is 14.6 Å². The number of hydrogen-bond donors (Lipinski definition) is 3. The molecule has 158 valence electrons. The summed E-state index contributed by atoms with van der Waals surface area (Å²) in [6.07, 6.45) is 2.73. The van der Waals surface area contributed by atoms with Crippen molar-refractivity contribution in [3.8, 4) is 11.5 Å². The van der Waals surface area contributed by atoms with Crippen LogP contribution in [0.5, 0.6) is 11.5 Å². The number of rotatable bonds is 9. The molecule has 1 fully saturated rings. The monoisotopic (exact) mass is 392 g/mol. The highest BCUT2D eigenvalue weighted by Crippen LogP contribution is 2.30. The average molecular weight is 393 g/mol. The highest BCUT2D eigenvalue weighted by molar-refractivity contribution is 5.80. The zero-order chi connectivity index (χ0) is 20.4. The molecule has 0 radical (unpaired) electrons. The normalized spacial score (nSPS) is 17.2. The first-order chi connectivity index (χ1) is 13.6. The molecule has 2 rings (SSSR count). The summed E-state index contributed by atoms with van der Waals surface area (Å²) in [5, 5.41) is 17.4. The van der Waals surface area contributed by atoms with Gasteiger partial charge in [-0.15, -0.1) is 0 Å². The molecule has 7 heteroatoms. The van der Waals surface area contributed by atoms with Gasteiger partial charge in [0, 0.05) is 25.7 Å². The maximum atomic E-state index is 10.6. The highest BCUT2D eigenvalue weighted by atomic mass is 16.5. The van der Waals surface area contributed by atoms with Gasteiger partial charge in [-0.05, 0) is 50.4 Å². The molecule has 0 spiro atoms. The number of methoxy groups -OCH3 is 2. The number of aliphatic hydroxyl groups is 1. The summed E-state index contributed by atoms with van der Waals surface area (Å²) in [5.41, 5.74) is 0.755. The molecule has 28 heavy (non-hydrogen) atoms. The van der Waals surface area contributed by atoms with Crippen molar-refractivity contribution in [2.24, 2.45) is 4.99 Å². The van der Waals surface area contributed by atoms with Gasteiger partial charge in [-0.2, -0.15) is 0 Å². The van der Waals surface area contributed by atoms with Gasteiger partial charge >= 0.3 is 0 Å². The molecule has 1 aliphatic rings. The smallest absolute Gasteiger partial charge is 0.191 e. The van der Waals surface area contributed by atoms with Gasteiger partial charge in [0.2, 0.25) is 0 Å². The summed E-state index contributed by atoms with van der Waals surface area (Å²) in [4.78, 5) is 7.11. The van der Waals surface area contributed by atoms with E-state index in [9.17, 15) is 5.11 Å². The highest BCUT2D eigenvalue weighted by Gasteiger charge is 2.19. The predicted molar refractivity (Wildman–Crippen MR) is 113 cm³/mol. The third-order valence-electron chi connectivity index (χ3n) is 5.03. The van der Waals surface area contributed by atoms with E-state index in [4.69, 9.17) is 9.47 Å². The minimum absolute atomic E-state index is 0.277. The Labute approximate surface area is 169 Å². The molecule has 0 bridgehead atoms. The van der Waals surface area contributed by atoms with Crippen LogP contribution >= 0.6 is 0 Å². The molecule has 1 aliphatic heterocycles. The second-order valence-corrected chi connectivity index (χ2v) is 7.11. The molecule has 7 nitrogen and oxygen atoms in total. The number of aliphatic hydroxyl groups excluding tert-OH is 1. The van der Waals surface area contributed by atoms with E-state index in [1.54, 1.807) is 26.4 Å². The van der Waals surface area contributed by atoms with Crippen LogP contribution in [0.1, 0.15) is 44.8 Å². The molecule has 1 aromatic rings. The van der Waals surface area contributed by atoms with Crippen LogP contribution in [-0.4, -0.2) is 69.0 Å². The first-order valence-corrected chi connectivity index (χ1v) is 10.3. The SMILES string of the molecule is CCCN1CCC(NC(=NCC(O)c2ccc(OC)c(OC)c2)NCC)CC1. The van der Waals surface area contributed by atoms with E-state index in [1.807, 2.05) is 13.0 Å². The average Bonchev–Trinajstić information content (AvgIpc) is 2.73. The van der Waals surface area contributed by atoms with Gasteiger partial charge in [0.1, 0.15) is 0 Å². The molecule has 0 aromatic heterocycles. The van der Waals surface area contributed by atoms with Crippen LogP contribution in [-0.2, 0) is 0 Å². The molecule has 3 N–H and O–H groups in total. The fourth-order valence-corrected chi connectivity index (χ4v) is 3.47. The van der Waals surface area contributed by atoms with Crippen molar-refractivity contribution in [3.63, 3.8) is 0 Å². The Morgan fingerprint density at radius 2 is 1.93 bits per heavy atom. The Morgan fingerprint density at radius 3 is 2.54 bits per heavy atom. The van der Waals surface area contributed by atoms with E-state index in [0.29, 0.717) is 17.5 Å². The number of hydrogen-bond acceptors (Lipinski definition) is 5. The Bertz CT molecular complexity index is 616. The van der Waals surface area contributed by atoms with Crippen molar-refractivity contribution in [2.75, 3.05) is 46.9 Å². The molecular formula is C21H36N4O3. The van der Waals surface area contributed by atoms with Crippen LogP contribution in [0.2, 0.25) is 0 Å². The summed E-state index contributed by atoms with van der Waals surface area (Å²) in [6, 6.07) is 5.85. The summed E-state index contributed by atoms with van der Waals surface area (Å²) in [5.74, 6) is 2.01. The van der Waals surface area contributed by atoms with E-state index in [-0.39, 0.29) is 6.54 Å². The third-order valence-corrected chi connectivity index (χ3v) is 5.03. The van der Waals surface area contributed by atoms with E-state index >= 15 is 0 Å². The third kappa shape index (κ3) is 6.56. The molecule has 1 atom stereocenters. The maximum Gasteiger partial charge on any atom is 0.191 e. The van der Waals surface area contributed by atoms with Gasteiger partial charge in [-0.3, -0.25) is 4.99 Å². The number of aliphatic imine (C=N–C) groups is 1. The number of guanidine groups is 1. The van der Waals surface area contributed by atoms with E-state index in [1.165, 1.54) is 13.0 Å². The van der Waals surface area contributed by atoms with Gasteiger partial charge in [0.05, 0.1) is 26.9 Å². The molecule has 1 heterocycles. The largest absolute Gasteiger partial charge is 0.493 e. The second kappa shape index (κ2) is 11.8. The predicted octanol–water partition coefficient (Wildman–Crippen LogP) is 2.17. The number of nitrogens with one attached hydrogen (secondary N) is 2. The second-order valence-electron chi connectivity index (χ2n) is 7.11. The number of piperidine rings is 1. The minimum atomic E-state index is -0.707. The summed E-state index contributed by atoms with van der Waals surface area (Å²) < 4.78 is 10.6. The molecule has 0 aliphatic carbocycles. The Hall–Kier alpha value is -1.99. The lowest BCUT2D eigenvalue weighted by Crippen LogP contribution is -2.48. The lowest BCUT2D eigenvalue weighted by Gasteiger charge is -2.32. The molecule has 1 aromatic carbocycles. The molecule has 0 saturated carbocycles. The molecular weight excluding hydrogens is 356 g/mol. The zero-order valence-corrected chi connectivity index (χ0v) is 17.7. The fourth-order valence-electron chi connectivity index (χ4n) is 3.47. The molecule has 0 amide bonds. The van der Waals surface area contributed by atoms with Crippen molar-refractivity contribution in [1.29, 1.82) is 0 Å². The first-order valence-electron chi connectivity index (χ1n) is 10.3. The van der Waals surface area contributed by atoms with Gasteiger partial charge in [-0.25, -0.2) is 0 Å². The van der Waals surface area contributed by atoms with Crippen LogP contribution in [0.25, 0.3) is 0 Å². The minimum Gasteiger partial charge on any atom is -0.493 e. The quantitative estimate of drug-likeness (QED) is 0.442. The van der Waals surface area contributed by atoms with Crippen LogP contribution in [0, 0.1) is 0 Å². The maximum absolute atomic E-state index is 10.6. The Balaban J connectivity index is 1.94. The molecule has 1 unspecified atom stereocenters. The van der Waals surface area contributed by atoms with Gasteiger partial charge < -0.3 is 30.1 Å². The summed E-state index contributed by atoms with van der Waals surface area (Å²) >= 11 is 0. The van der Waals surface area contributed by atoms with Gasteiger partial charge in [-0.1, -0.05) is 13.0 Å². The first kappa shape index (κ1) is 22.3. The van der Waals surface area contributed by atoms with Gasteiger partial charge in [0.15, 0.2) is 17.5 Å². The molecule has 1 saturated heterocycles.